The fraction of sp³-hybridized carbons (Fsp3) is 0. The molecule has 0 spiro atoms. The summed E-state index contributed by atoms with van der Waals surface area (Å²) < 4.78 is 2.40. The van der Waals surface area contributed by atoms with Crippen LogP contribution in [-0.2, 0) is 0 Å². The molecule has 3 aromatic heterocycles. The SMILES string of the molecule is NC(=O)c1cc(-c2ccccc2)c(=O)n2ccc3ccsc3c12. The van der Waals surface area contributed by atoms with E-state index in [1.165, 1.54) is 15.7 Å². The molecule has 4 nitrogen and oxygen atoms in total. The van der Waals surface area contributed by atoms with Crippen molar-refractivity contribution in [1.29, 1.82) is 0 Å². The molecular weight excluding hydrogens is 308 g/mol. The maximum atomic E-state index is 12.9. The number of benzene rings is 1. The Kier molecular flexibility index (Phi) is 3.02. The normalized spacial score (nSPS) is 11.1. The van der Waals surface area contributed by atoms with Gasteiger partial charge in [-0.3, -0.25) is 14.0 Å². The van der Waals surface area contributed by atoms with Crippen LogP contribution in [0.3, 0.4) is 0 Å². The third kappa shape index (κ3) is 2.05. The van der Waals surface area contributed by atoms with Crippen LogP contribution in [0.4, 0.5) is 0 Å². The summed E-state index contributed by atoms with van der Waals surface area (Å²) in [6.07, 6.45) is 1.70. The topological polar surface area (TPSA) is 64.6 Å². The molecule has 0 aliphatic rings. The number of pyridine rings is 2. The average molecular weight is 320 g/mol. The van der Waals surface area contributed by atoms with Crippen LogP contribution in [0.5, 0.6) is 0 Å². The highest BCUT2D eigenvalue weighted by Crippen LogP contribution is 2.29. The monoisotopic (exact) mass is 320 g/mol. The Hall–Kier alpha value is -2.92. The van der Waals surface area contributed by atoms with Crippen LogP contribution < -0.4 is 11.3 Å². The first-order valence-electron chi connectivity index (χ1n) is 7.07. The van der Waals surface area contributed by atoms with Gasteiger partial charge in [-0.25, -0.2) is 0 Å². The molecule has 1 amide bonds. The van der Waals surface area contributed by atoms with E-state index in [-0.39, 0.29) is 5.56 Å². The Balaban J connectivity index is 2.21. The van der Waals surface area contributed by atoms with Crippen molar-refractivity contribution in [3.63, 3.8) is 0 Å². The number of primary amides is 1. The van der Waals surface area contributed by atoms with Crippen LogP contribution in [0, 0.1) is 0 Å². The van der Waals surface area contributed by atoms with Gasteiger partial charge >= 0.3 is 0 Å². The first-order chi connectivity index (χ1) is 11.2. The molecule has 2 N–H and O–H groups in total. The second-order valence-electron chi connectivity index (χ2n) is 5.25. The average Bonchev–Trinajstić information content (AvgIpc) is 3.04. The summed E-state index contributed by atoms with van der Waals surface area (Å²) >= 11 is 1.49. The lowest BCUT2D eigenvalue weighted by Gasteiger charge is -2.10. The highest BCUT2D eigenvalue weighted by molar-refractivity contribution is 7.18. The Morgan fingerprint density at radius 2 is 1.87 bits per heavy atom. The largest absolute Gasteiger partial charge is 0.366 e. The van der Waals surface area contributed by atoms with E-state index in [9.17, 15) is 9.59 Å². The number of carbonyl (C=O) groups excluding carboxylic acids is 1. The van der Waals surface area contributed by atoms with E-state index in [0.717, 1.165) is 15.6 Å². The number of carbonyl (C=O) groups is 1. The molecule has 5 heteroatoms. The van der Waals surface area contributed by atoms with E-state index in [1.807, 2.05) is 47.8 Å². The van der Waals surface area contributed by atoms with Gasteiger partial charge in [0.1, 0.15) is 0 Å². The molecule has 0 saturated carbocycles. The molecule has 0 bridgehead atoms. The first-order valence-corrected chi connectivity index (χ1v) is 7.95. The Bertz CT molecular complexity index is 1110. The molecule has 0 atom stereocenters. The van der Waals surface area contributed by atoms with Gasteiger partial charge in [0, 0.05) is 11.8 Å². The van der Waals surface area contributed by atoms with E-state index in [0.29, 0.717) is 16.6 Å². The molecule has 4 rings (SSSR count). The van der Waals surface area contributed by atoms with Crippen molar-refractivity contribution in [2.24, 2.45) is 5.73 Å². The van der Waals surface area contributed by atoms with E-state index in [4.69, 9.17) is 5.73 Å². The van der Waals surface area contributed by atoms with Crippen LogP contribution in [0.15, 0.2) is 64.9 Å². The summed E-state index contributed by atoms with van der Waals surface area (Å²) in [5.74, 6) is -0.541. The number of hydrogen-bond donors (Lipinski definition) is 1. The zero-order valence-corrected chi connectivity index (χ0v) is 12.8. The van der Waals surface area contributed by atoms with Gasteiger partial charge in [-0.1, -0.05) is 30.3 Å². The highest BCUT2D eigenvalue weighted by atomic mass is 32.1. The lowest BCUT2D eigenvalue weighted by Crippen LogP contribution is -2.21. The van der Waals surface area contributed by atoms with Crippen LogP contribution in [0.2, 0.25) is 0 Å². The summed E-state index contributed by atoms with van der Waals surface area (Å²) in [4.78, 5) is 24.9. The van der Waals surface area contributed by atoms with Crippen LogP contribution in [0.1, 0.15) is 10.4 Å². The van der Waals surface area contributed by atoms with E-state index in [2.05, 4.69) is 0 Å². The van der Waals surface area contributed by atoms with Crippen LogP contribution in [-0.4, -0.2) is 10.3 Å². The molecule has 3 heterocycles. The van der Waals surface area contributed by atoms with Crippen LogP contribution in [0.25, 0.3) is 26.7 Å². The summed E-state index contributed by atoms with van der Waals surface area (Å²) in [6, 6.07) is 14.7. The molecule has 112 valence electrons. The van der Waals surface area contributed by atoms with Gasteiger partial charge in [0.15, 0.2) is 0 Å². The number of rotatable bonds is 2. The molecule has 0 fully saturated rings. The first kappa shape index (κ1) is 13.7. The smallest absolute Gasteiger partial charge is 0.263 e. The number of nitrogens with zero attached hydrogens (tertiary/aromatic N) is 1. The molecule has 1 aromatic carbocycles. The Labute approximate surface area is 135 Å². The molecule has 0 aliphatic heterocycles. The van der Waals surface area contributed by atoms with Gasteiger partial charge in [-0.05, 0) is 34.5 Å². The number of fused-ring (bicyclic) bond motifs is 3. The summed E-state index contributed by atoms with van der Waals surface area (Å²) in [5, 5.41) is 2.93. The maximum Gasteiger partial charge on any atom is 0.263 e. The van der Waals surface area contributed by atoms with E-state index >= 15 is 0 Å². The van der Waals surface area contributed by atoms with Crippen molar-refractivity contribution >= 4 is 32.8 Å². The third-order valence-corrected chi connectivity index (χ3v) is 4.83. The van der Waals surface area contributed by atoms with Crippen molar-refractivity contribution in [3.05, 3.63) is 76.0 Å². The lowest BCUT2D eigenvalue weighted by molar-refractivity contribution is 0.100. The van der Waals surface area contributed by atoms with Crippen molar-refractivity contribution in [2.45, 2.75) is 0 Å². The quantitative estimate of drug-likeness (QED) is 0.616. The predicted molar refractivity (Wildman–Crippen MR) is 93.0 cm³/mol. The molecule has 0 aliphatic carbocycles. The molecule has 23 heavy (non-hydrogen) atoms. The summed E-state index contributed by atoms with van der Waals surface area (Å²) in [6.45, 7) is 0. The maximum absolute atomic E-state index is 12.9. The van der Waals surface area contributed by atoms with Crippen molar-refractivity contribution in [3.8, 4) is 11.1 Å². The summed E-state index contributed by atoms with van der Waals surface area (Å²) in [7, 11) is 0. The minimum Gasteiger partial charge on any atom is -0.366 e. The summed E-state index contributed by atoms with van der Waals surface area (Å²) in [5.41, 5.74) is 7.59. The van der Waals surface area contributed by atoms with Gasteiger partial charge in [0.25, 0.3) is 11.5 Å². The second kappa shape index (κ2) is 5.07. The number of aromatic nitrogens is 1. The fourth-order valence-electron chi connectivity index (χ4n) is 2.82. The Morgan fingerprint density at radius 3 is 2.61 bits per heavy atom. The van der Waals surface area contributed by atoms with E-state index in [1.54, 1.807) is 12.3 Å². The third-order valence-electron chi connectivity index (χ3n) is 3.90. The van der Waals surface area contributed by atoms with E-state index < -0.39 is 5.91 Å². The number of nitrogens with two attached hydrogens (primary N) is 1. The highest BCUT2D eigenvalue weighted by Gasteiger charge is 2.17. The van der Waals surface area contributed by atoms with Crippen molar-refractivity contribution in [1.82, 2.24) is 4.40 Å². The van der Waals surface area contributed by atoms with Gasteiger partial charge in [0.2, 0.25) is 0 Å². The zero-order valence-electron chi connectivity index (χ0n) is 12.0. The number of hydrogen-bond acceptors (Lipinski definition) is 3. The van der Waals surface area contributed by atoms with Gasteiger partial charge in [-0.2, -0.15) is 0 Å². The Morgan fingerprint density at radius 1 is 1.09 bits per heavy atom. The minimum absolute atomic E-state index is 0.161. The second-order valence-corrected chi connectivity index (χ2v) is 6.16. The number of thiophene rings is 1. The van der Waals surface area contributed by atoms with Gasteiger partial charge < -0.3 is 5.73 Å². The standard InChI is InChI=1S/C18H12N2O2S/c19-17(21)14-10-13(11-4-2-1-3-5-11)18(22)20-8-6-12-7-9-23-16(12)15(14)20/h1-10H,(H2,19,21). The molecule has 0 unspecified atom stereocenters. The van der Waals surface area contributed by atoms with Crippen molar-refractivity contribution < 1.29 is 4.79 Å². The predicted octanol–water partition coefficient (Wildman–Crippen LogP) is 3.28. The fourth-order valence-corrected chi connectivity index (χ4v) is 3.76. The van der Waals surface area contributed by atoms with Gasteiger partial charge in [0.05, 0.1) is 15.8 Å². The zero-order chi connectivity index (χ0) is 16.0. The van der Waals surface area contributed by atoms with Gasteiger partial charge in [-0.15, -0.1) is 11.3 Å². The molecule has 0 saturated heterocycles. The lowest BCUT2D eigenvalue weighted by atomic mass is 10.0. The molecule has 4 aromatic rings. The molecule has 0 radical (unpaired) electrons. The number of amides is 1. The minimum atomic E-state index is -0.541. The van der Waals surface area contributed by atoms with Crippen molar-refractivity contribution in [2.75, 3.05) is 0 Å². The van der Waals surface area contributed by atoms with Crippen LogP contribution >= 0.6 is 11.3 Å². The molecular formula is C18H12N2O2S.